The summed E-state index contributed by atoms with van der Waals surface area (Å²) >= 11 is 0. The van der Waals surface area contributed by atoms with Gasteiger partial charge in [-0.1, -0.05) is 38.5 Å². The maximum Gasteiger partial charge on any atom is 0.221 e. The van der Waals surface area contributed by atoms with Crippen LogP contribution in [-0.4, -0.2) is 11.9 Å². The molecule has 2 rings (SSSR count). The number of hydrogen-bond acceptors (Lipinski definition) is 2. The highest BCUT2D eigenvalue weighted by atomic mass is 16.1. The smallest absolute Gasteiger partial charge is 0.221 e. The van der Waals surface area contributed by atoms with Crippen molar-refractivity contribution in [2.45, 2.75) is 45.6 Å². The van der Waals surface area contributed by atoms with E-state index in [0.717, 1.165) is 11.3 Å². The first-order chi connectivity index (χ1) is 8.49. The molecule has 1 unspecified atom stereocenters. The summed E-state index contributed by atoms with van der Waals surface area (Å²) in [4.78, 5) is 11.1. The number of para-hydroxylation sites is 1. The summed E-state index contributed by atoms with van der Waals surface area (Å²) in [6, 6.07) is 8.42. The molecule has 1 aromatic carbocycles. The summed E-state index contributed by atoms with van der Waals surface area (Å²) in [5.74, 6) is -0.282. The molecule has 0 radical (unpaired) electrons. The van der Waals surface area contributed by atoms with Gasteiger partial charge < -0.3 is 11.1 Å². The van der Waals surface area contributed by atoms with Crippen molar-refractivity contribution in [2.75, 3.05) is 5.32 Å². The summed E-state index contributed by atoms with van der Waals surface area (Å²) in [5, 5.41) is 3.60. The largest absolute Gasteiger partial charge is 0.382 e. The number of nitrogens with two attached hydrogens (primary N) is 1. The number of carbonyl (C=O) groups excluding carboxylic acids is 1. The number of rotatable bonds is 4. The average Bonchev–Trinajstić information content (AvgIpc) is 2.60. The van der Waals surface area contributed by atoms with Crippen LogP contribution in [0.4, 0.5) is 5.69 Å². The molecule has 1 atom stereocenters. The lowest BCUT2D eigenvalue weighted by molar-refractivity contribution is -0.117. The number of primary amides is 1. The van der Waals surface area contributed by atoms with Gasteiger partial charge in [0.15, 0.2) is 0 Å². The molecule has 1 saturated carbocycles. The first-order valence-corrected chi connectivity index (χ1v) is 6.62. The maximum atomic E-state index is 11.1. The predicted octanol–water partition coefficient (Wildman–Crippen LogP) is 2.71. The fourth-order valence-corrected chi connectivity index (χ4v) is 2.78. The highest BCUT2D eigenvalue weighted by Crippen LogP contribution is 2.39. The minimum Gasteiger partial charge on any atom is -0.382 e. The third-order valence-corrected chi connectivity index (χ3v) is 3.97. The van der Waals surface area contributed by atoms with Crippen LogP contribution in [0, 0.1) is 5.41 Å². The van der Waals surface area contributed by atoms with E-state index in [0.29, 0.717) is 17.9 Å². The van der Waals surface area contributed by atoms with Crippen molar-refractivity contribution >= 4 is 11.6 Å². The molecule has 0 bridgehead atoms. The minimum absolute atomic E-state index is 0.282. The van der Waals surface area contributed by atoms with Crippen LogP contribution in [-0.2, 0) is 11.2 Å². The Hall–Kier alpha value is -1.51. The second-order valence-corrected chi connectivity index (χ2v) is 5.88. The van der Waals surface area contributed by atoms with Crippen molar-refractivity contribution in [3.8, 4) is 0 Å². The highest BCUT2D eigenvalue weighted by molar-refractivity contribution is 5.78. The lowest BCUT2D eigenvalue weighted by atomic mass is 9.87. The summed E-state index contributed by atoms with van der Waals surface area (Å²) in [6.45, 7) is 4.60. The van der Waals surface area contributed by atoms with E-state index in [4.69, 9.17) is 5.73 Å². The second kappa shape index (κ2) is 5.01. The fraction of sp³-hybridized carbons (Fsp3) is 0.533. The van der Waals surface area contributed by atoms with Crippen molar-refractivity contribution in [1.29, 1.82) is 0 Å². The number of carbonyl (C=O) groups is 1. The van der Waals surface area contributed by atoms with Gasteiger partial charge in [-0.2, -0.15) is 0 Å². The van der Waals surface area contributed by atoms with Crippen LogP contribution in [0.5, 0.6) is 0 Å². The third kappa shape index (κ3) is 2.84. The molecular weight excluding hydrogens is 224 g/mol. The van der Waals surface area contributed by atoms with Gasteiger partial charge in [0.2, 0.25) is 5.91 Å². The topological polar surface area (TPSA) is 55.1 Å². The van der Waals surface area contributed by atoms with Crippen molar-refractivity contribution in [3.05, 3.63) is 29.8 Å². The zero-order valence-corrected chi connectivity index (χ0v) is 11.2. The van der Waals surface area contributed by atoms with Crippen LogP contribution in [0.1, 0.15) is 38.7 Å². The maximum absolute atomic E-state index is 11.1. The van der Waals surface area contributed by atoms with Crippen molar-refractivity contribution in [3.63, 3.8) is 0 Å². The Morgan fingerprint density at radius 2 is 2.17 bits per heavy atom. The van der Waals surface area contributed by atoms with Crippen LogP contribution in [0.2, 0.25) is 0 Å². The van der Waals surface area contributed by atoms with Gasteiger partial charge in [-0.25, -0.2) is 0 Å². The second-order valence-electron chi connectivity index (χ2n) is 5.88. The van der Waals surface area contributed by atoms with Gasteiger partial charge in [0, 0.05) is 11.7 Å². The molecule has 0 aromatic heterocycles. The van der Waals surface area contributed by atoms with Crippen molar-refractivity contribution < 1.29 is 4.79 Å². The molecule has 0 spiro atoms. The normalized spacial score (nSPS) is 21.8. The van der Waals surface area contributed by atoms with Gasteiger partial charge in [-0.05, 0) is 29.9 Å². The molecular formula is C15H22N2O. The lowest BCUT2D eigenvalue weighted by Crippen LogP contribution is -2.31. The van der Waals surface area contributed by atoms with Crippen LogP contribution < -0.4 is 11.1 Å². The summed E-state index contributed by atoms with van der Waals surface area (Å²) in [7, 11) is 0. The van der Waals surface area contributed by atoms with Crippen LogP contribution in [0.25, 0.3) is 0 Å². The first-order valence-electron chi connectivity index (χ1n) is 6.62. The third-order valence-electron chi connectivity index (χ3n) is 3.97. The zero-order valence-electron chi connectivity index (χ0n) is 11.2. The minimum atomic E-state index is -0.282. The molecule has 18 heavy (non-hydrogen) atoms. The molecule has 1 aromatic rings. The average molecular weight is 246 g/mol. The van der Waals surface area contributed by atoms with E-state index < -0.39 is 0 Å². The predicted molar refractivity (Wildman–Crippen MR) is 74.4 cm³/mol. The number of benzene rings is 1. The van der Waals surface area contributed by atoms with E-state index >= 15 is 0 Å². The summed E-state index contributed by atoms with van der Waals surface area (Å²) in [5.41, 5.74) is 7.65. The summed E-state index contributed by atoms with van der Waals surface area (Å²) in [6.07, 6.45) is 4.01. The molecule has 3 N–H and O–H groups in total. The van der Waals surface area contributed by atoms with Crippen LogP contribution in [0.3, 0.4) is 0 Å². The van der Waals surface area contributed by atoms with E-state index in [1.54, 1.807) is 0 Å². The highest BCUT2D eigenvalue weighted by Gasteiger charge is 2.34. The quantitative estimate of drug-likeness (QED) is 0.858. The van der Waals surface area contributed by atoms with E-state index in [2.05, 4.69) is 19.2 Å². The number of amides is 1. The molecule has 0 saturated heterocycles. The monoisotopic (exact) mass is 246 g/mol. The lowest BCUT2D eigenvalue weighted by Gasteiger charge is -2.29. The van der Waals surface area contributed by atoms with Gasteiger partial charge >= 0.3 is 0 Å². The Morgan fingerprint density at radius 3 is 2.78 bits per heavy atom. The SMILES string of the molecule is CC1(C)CCCC1Nc1ccccc1CC(N)=O. The molecule has 98 valence electrons. The molecule has 1 aliphatic carbocycles. The van der Waals surface area contributed by atoms with Crippen LogP contribution >= 0.6 is 0 Å². The number of hydrogen-bond donors (Lipinski definition) is 2. The van der Waals surface area contributed by atoms with Gasteiger partial charge in [0.25, 0.3) is 0 Å². The Bertz CT molecular complexity index is 440. The molecule has 3 heteroatoms. The molecule has 0 aliphatic heterocycles. The fourth-order valence-electron chi connectivity index (χ4n) is 2.78. The zero-order chi connectivity index (χ0) is 13.2. The molecule has 3 nitrogen and oxygen atoms in total. The van der Waals surface area contributed by atoms with E-state index in [-0.39, 0.29) is 5.91 Å². The van der Waals surface area contributed by atoms with Gasteiger partial charge in [-0.15, -0.1) is 0 Å². The Kier molecular flexibility index (Phi) is 3.60. The Labute approximate surface area is 109 Å². The van der Waals surface area contributed by atoms with E-state index in [9.17, 15) is 4.79 Å². The molecule has 1 fully saturated rings. The number of nitrogens with one attached hydrogen (secondary N) is 1. The number of anilines is 1. The van der Waals surface area contributed by atoms with E-state index in [1.807, 2.05) is 24.3 Å². The van der Waals surface area contributed by atoms with E-state index in [1.165, 1.54) is 19.3 Å². The summed E-state index contributed by atoms with van der Waals surface area (Å²) < 4.78 is 0. The molecule has 1 amide bonds. The first kappa shape index (κ1) is 12.9. The van der Waals surface area contributed by atoms with Gasteiger partial charge in [0.05, 0.1) is 6.42 Å². The van der Waals surface area contributed by atoms with Crippen LogP contribution in [0.15, 0.2) is 24.3 Å². The van der Waals surface area contributed by atoms with Gasteiger partial charge in [0.1, 0.15) is 0 Å². The van der Waals surface area contributed by atoms with Crippen molar-refractivity contribution in [1.82, 2.24) is 0 Å². The molecule has 0 heterocycles. The molecule has 1 aliphatic rings. The van der Waals surface area contributed by atoms with Gasteiger partial charge in [-0.3, -0.25) is 4.79 Å². The Morgan fingerprint density at radius 1 is 1.44 bits per heavy atom. The Balaban J connectivity index is 2.16. The standard InChI is InChI=1S/C15H22N2O/c1-15(2)9-5-8-13(15)17-12-7-4-3-6-11(12)10-14(16)18/h3-4,6-7,13,17H,5,8-10H2,1-2H3,(H2,16,18). The van der Waals surface area contributed by atoms with Crippen molar-refractivity contribution in [2.24, 2.45) is 11.1 Å².